The molecule has 5 N–H and O–H groups in total. The quantitative estimate of drug-likeness (QED) is 0.522. The summed E-state index contributed by atoms with van der Waals surface area (Å²) in [5.41, 5.74) is -0.611. The van der Waals surface area contributed by atoms with Crippen LogP contribution in [0.4, 0.5) is 0 Å². The molecule has 0 radical (unpaired) electrons. The predicted molar refractivity (Wildman–Crippen MR) is 84.0 cm³/mol. The number of benzene rings is 1. The highest BCUT2D eigenvalue weighted by atomic mass is 16.4. The Morgan fingerprint density at radius 2 is 1.50 bits per heavy atom. The first-order valence-corrected chi connectivity index (χ1v) is 7.08. The molecule has 1 rings (SSSR count). The van der Waals surface area contributed by atoms with Crippen molar-refractivity contribution in [3.63, 3.8) is 0 Å². The normalized spacial score (nSPS) is 10.7. The van der Waals surface area contributed by atoms with Crippen molar-refractivity contribution >= 4 is 17.9 Å². The maximum atomic E-state index is 10.3. The maximum Gasteiger partial charge on any atom is 0.336 e. The highest BCUT2D eigenvalue weighted by Crippen LogP contribution is 2.22. The maximum absolute atomic E-state index is 10.3. The Labute approximate surface area is 139 Å². The number of aromatic hydroxyl groups is 1. The first kappa shape index (κ1) is 21.4. The Balaban J connectivity index is 0.000000446. The molecule has 0 bridgehead atoms. The Morgan fingerprint density at radius 3 is 1.79 bits per heavy atom. The third kappa shape index (κ3) is 7.10. The van der Waals surface area contributed by atoms with Crippen molar-refractivity contribution in [1.82, 2.24) is 0 Å². The standard InChI is InChI=1S/C10H14O.C6H8O7/c1-7(2)9-5-4-8(3)10(11)6-9;7-3(8)1-6(13,5(11)12)2-4(9)10/h4-7,11H,1-3H3;13H,1-2H2,(H,7,8)(H,9,10)(H,11,12). The molecule has 0 amide bonds. The third-order valence-corrected chi connectivity index (χ3v) is 3.19. The van der Waals surface area contributed by atoms with Gasteiger partial charge in [0.2, 0.25) is 0 Å². The Morgan fingerprint density at radius 1 is 1.04 bits per heavy atom. The van der Waals surface area contributed by atoms with Gasteiger partial charge in [-0.15, -0.1) is 0 Å². The smallest absolute Gasteiger partial charge is 0.336 e. The van der Waals surface area contributed by atoms with Crippen molar-refractivity contribution in [1.29, 1.82) is 0 Å². The SMILES string of the molecule is Cc1ccc(C(C)C)cc1O.O=C(O)CC(O)(CC(=O)O)C(=O)O. The van der Waals surface area contributed by atoms with Crippen molar-refractivity contribution in [2.45, 2.75) is 45.1 Å². The van der Waals surface area contributed by atoms with Crippen LogP contribution in [-0.4, -0.2) is 49.0 Å². The fourth-order valence-corrected chi connectivity index (χ4v) is 1.70. The minimum Gasteiger partial charge on any atom is -0.508 e. The molecule has 0 aliphatic rings. The molecule has 1 aromatic rings. The number of hydrogen-bond acceptors (Lipinski definition) is 5. The number of phenols is 1. The van der Waals surface area contributed by atoms with Crippen molar-refractivity contribution in [3.05, 3.63) is 29.3 Å². The van der Waals surface area contributed by atoms with E-state index in [2.05, 4.69) is 19.9 Å². The molecule has 0 heterocycles. The molecule has 0 saturated heterocycles. The van der Waals surface area contributed by atoms with E-state index in [0.717, 1.165) is 5.56 Å². The van der Waals surface area contributed by atoms with Gasteiger partial charge in [0.25, 0.3) is 0 Å². The second-order valence-electron chi connectivity index (χ2n) is 5.68. The van der Waals surface area contributed by atoms with Crippen LogP contribution in [0.1, 0.15) is 43.7 Å². The van der Waals surface area contributed by atoms with Gasteiger partial charge in [-0.2, -0.15) is 0 Å². The fourth-order valence-electron chi connectivity index (χ4n) is 1.70. The molecule has 0 spiro atoms. The minimum atomic E-state index is -2.74. The largest absolute Gasteiger partial charge is 0.508 e. The van der Waals surface area contributed by atoms with Gasteiger partial charge in [-0.25, -0.2) is 4.79 Å². The van der Waals surface area contributed by atoms with Gasteiger partial charge in [0.15, 0.2) is 5.60 Å². The van der Waals surface area contributed by atoms with E-state index in [1.807, 2.05) is 19.1 Å². The summed E-state index contributed by atoms with van der Waals surface area (Å²) in [6, 6.07) is 5.84. The zero-order chi connectivity index (χ0) is 19.1. The number of carbonyl (C=O) groups is 3. The molecule has 0 unspecified atom stereocenters. The Bertz CT molecular complexity index is 590. The van der Waals surface area contributed by atoms with Gasteiger partial charge < -0.3 is 25.5 Å². The molecule has 1 aromatic carbocycles. The zero-order valence-electron chi connectivity index (χ0n) is 13.7. The van der Waals surface area contributed by atoms with Gasteiger partial charge in [-0.05, 0) is 30.0 Å². The molecule has 0 saturated carbocycles. The molecule has 0 fully saturated rings. The van der Waals surface area contributed by atoms with E-state index in [-0.39, 0.29) is 0 Å². The van der Waals surface area contributed by atoms with Crippen molar-refractivity contribution < 1.29 is 39.9 Å². The highest BCUT2D eigenvalue weighted by Gasteiger charge is 2.40. The van der Waals surface area contributed by atoms with E-state index in [0.29, 0.717) is 11.7 Å². The summed E-state index contributed by atoms with van der Waals surface area (Å²) in [6.07, 6.45) is -2.29. The molecule has 24 heavy (non-hydrogen) atoms. The van der Waals surface area contributed by atoms with Crippen LogP contribution >= 0.6 is 0 Å². The Kier molecular flexibility index (Phi) is 7.91. The van der Waals surface area contributed by atoms with Crippen LogP contribution < -0.4 is 0 Å². The predicted octanol–water partition coefficient (Wildman–Crippen LogP) is 1.58. The van der Waals surface area contributed by atoms with Crippen LogP contribution in [0.5, 0.6) is 5.75 Å². The summed E-state index contributed by atoms with van der Waals surface area (Å²) in [4.78, 5) is 30.5. The summed E-state index contributed by atoms with van der Waals surface area (Å²) >= 11 is 0. The second-order valence-corrected chi connectivity index (χ2v) is 5.68. The molecule has 0 aliphatic heterocycles. The lowest BCUT2D eigenvalue weighted by atomic mass is 9.96. The number of rotatable bonds is 6. The lowest BCUT2D eigenvalue weighted by molar-refractivity contribution is -0.170. The summed E-state index contributed by atoms with van der Waals surface area (Å²) < 4.78 is 0. The molecular weight excluding hydrogens is 320 g/mol. The second kappa shape index (κ2) is 8.88. The van der Waals surface area contributed by atoms with Gasteiger partial charge in [0.05, 0.1) is 12.8 Å². The average molecular weight is 342 g/mol. The fraction of sp³-hybridized carbons (Fsp3) is 0.438. The monoisotopic (exact) mass is 342 g/mol. The van der Waals surface area contributed by atoms with E-state index in [9.17, 15) is 19.5 Å². The van der Waals surface area contributed by atoms with E-state index in [1.165, 1.54) is 5.56 Å². The molecule has 8 heteroatoms. The van der Waals surface area contributed by atoms with Crippen LogP contribution in [0, 0.1) is 6.92 Å². The average Bonchev–Trinajstić information content (AvgIpc) is 2.40. The first-order valence-electron chi connectivity index (χ1n) is 7.08. The summed E-state index contributed by atoms with van der Waals surface area (Å²) in [7, 11) is 0. The topological polar surface area (TPSA) is 152 Å². The van der Waals surface area contributed by atoms with Crippen LogP contribution in [0.25, 0.3) is 0 Å². The minimum absolute atomic E-state index is 0.399. The van der Waals surface area contributed by atoms with Gasteiger partial charge in [-0.3, -0.25) is 9.59 Å². The molecule has 0 atom stereocenters. The highest BCUT2D eigenvalue weighted by molar-refractivity contribution is 5.88. The summed E-state index contributed by atoms with van der Waals surface area (Å²) in [5, 5.41) is 43.2. The summed E-state index contributed by atoms with van der Waals surface area (Å²) in [6.45, 7) is 6.13. The first-order chi connectivity index (χ1) is 10.9. The number of carboxylic acid groups (broad SMARTS) is 3. The third-order valence-electron chi connectivity index (χ3n) is 3.19. The van der Waals surface area contributed by atoms with E-state index in [4.69, 9.17) is 20.4 Å². The van der Waals surface area contributed by atoms with E-state index < -0.39 is 36.4 Å². The molecule has 0 aromatic heterocycles. The van der Waals surface area contributed by atoms with Gasteiger partial charge in [-0.1, -0.05) is 26.0 Å². The van der Waals surface area contributed by atoms with Crippen molar-refractivity contribution in [2.75, 3.05) is 0 Å². The van der Waals surface area contributed by atoms with Crippen LogP contribution in [0.3, 0.4) is 0 Å². The molecule has 134 valence electrons. The lowest BCUT2D eigenvalue weighted by Crippen LogP contribution is -2.42. The van der Waals surface area contributed by atoms with E-state index >= 15 is 0 Å². The lowest BCUT2D eigenvalue weighted by Gasteiger charge is -2.18. The van der Waals surface area contributed by atoms with Crippen LogP contribution in [0.15, 0.2) is 18.2 Å². The molecular formula is C16H22O8. The zero-order valence-corrected chi connectivity index (χ0v) is 13.7. The van der Waals surface area contributed by atoms with Crippen LogP contribution in [0.2, 0.25) is 0 Å². The number of aliphatic carboxylic acids is 3. The Hall–Kier alpha value is -2.61. The van der Waals surface area contributed by atoms with E-state index in [1.54, 1.807) is 0 Å². The van der Waals surface area contributed by atoms with Gasteiger partial charge in [0.1, 0.15) is 5.75 Å². The number of hydrogen-bond donors (Lipinski definition) is 5. The number of aryl methyl sites for hydroxylation is 1. The van der Waals surface area contributed by atoms with Crippen LogP contribution in [-0.2, 0) is 14.4 Å². The molecule has 0 aliphatic carbocycles. The van der Waals surface area contributed by atoms with Crippen molar-refractivity contribution in [2.24, 2.45) is 0 Å². The number of carboxylic acids is 3. The van der Waals surface area contributed by atoms with Crippen molar-refractivity contribution in [3.8, 4) is 5.75 Å². The number of phenolic OH excluding ortho intramolecular Hbond substituents is 1. The summed E-state index contributed by atoms with van der Waals surface area (Å²) in [5.74, 6) is -4.13. The van der Waals surface area contributed by atoms with Gasteiger partial charge in [0, 0.05) is 0 Å². The van der Waals surface area contributed by atoms with Gasteiger partial charge >= 0.3 is 17.9 Å². The molecule has 8 nitrogen and oxygen atoms in total. The number of aliphatic hydroxyl groups is 1.